The largest absolute Gasteiger partial charge is 0.396 e. The van der Waals surface area contributed by atoms with Gasteiger partial charge in [0.25, 0.3) is 10.0 Å². The van der Waals surface area contributed by atoms with E-state index >= 15 is 0 Å². The number of aryl methyl sites for hydroxylation is 1. The number of aromatic nitrogens is 2. The SMILES string of the molecule is Cc1ccc(S(=O)(=O)n2cnc(C[C@@H](N)C(=O)N[C@@H](CC3CCCCC3)[C@H](O)C[C@H](C)CO)c2)cc1. The minimum Gasteiger partial charge on any atom is -0.396 e. The fourth-order valence-electron chi connectivity index (χ4n) is 4.77. The third-order valence-corrected chi connectivity index (χ3v) is 8.66. The first-order chi connectivity index (χ1) is 17.1. The first-order valence-electron chi connectivity index (χ1n) is 12.8. The van der Waals surface area contributed by atoms with Gasteiger partial charge in [-0.15, -0.1) is 0 Å². The molecular formula is C26H40N4O5S. The Balaban J connectivity index is 1.65. The van der Waals surface area contributed by atoms with Gasteiger partial charge in [0.05, 0.1) is 28.8 Å². The molecule has 1 saturated carbocycles. The Morgan fingerprint density at radius 3 is 2.53 bits per heavy atom. The van der Waals surface area contributed by atoms with Crippen molar-refractivity contribution in [2.24, 2.45) is 17.6 Å². The molecule has 0 bridgehead atoms. The first kappa shape index (κ1) is 28.3. The van der Waals surface area contributed by atoms with E-state index in [1.807, 2.05) is 13.8 Å². The van der Waals surface area contributed by atoms with Crippen molar-refractivity contribution in [3.05, 3.63) is 48.0 Å². The van der Waals surface area contributed by atoms with E-state index < -0.39 is 34.1 Å². The fraction of sp³-hybridized carbons (Fsp3) is 0.615. The molecule has 4 atom stereocenters. The molecule has 1 aromatic heterocycles. The molecule has 36 heavy (non-hydrogen) atoms. The summed E-state index contributed by atoms with van der Waals surface area (Å²) in [4.78, 5) is 17.3. The van der Waals surface area contributed by atoms with Crippen molar-refractivity contribution in [1.82, 2.24) is 14.3 Å². The minimum absolute atomic E-state index is 0.0329. The lowest BCUT2D eigenvalue weighted by molar-refractivity contribution is -0.124. The van der Waals surface area contributed by atoms with Gasteiger partial charge >= 0.3 is 0 Å². The quantitative estimate of drug-likeness (QED) is 0.335. The molecule has 0 unspecified atom stereocenters. The van der Waals surface area contributed by atoms with Gasteiger partial charge in [-0.25, -0.2) is 17.4 Å². The number of nitrogens with one attached hydrogen (secondary N) is 1. The van der Waals surface area contributed by atoms with Crippen LogP contribution >= 0.6 is 0 Å². The lowest BCUT2D eigenvalue weighted by Gasteiger charge is -2.31. The predicted molar refractivity (Wildman–Crippen MR) is 138 cm³/mol. The molecule has 2 aromatic rings. The molecule has 1 aromatic carbocycles. The molecule has 1 heterocycles. The molecular weight excluding hydrogens is 480 g/mol. The number of nitrogens with zero attached hydrogens (tertiary/aromatic N) is 2. The van der Waals surface area contributed by atoms with Crippen LogP contribution in [0.1, 0.15) is 63.1 Å². The lowest BCUT2D eigenvalue weighted by Crippen LogP contribution is -2.51. The molecule has 0 radical (unpaired) electrons. The zero-order valence-electron chi connectivity index (χ0n) is 21.2. The Morgan fingerprint density at radius 1 is 1.22 bits per heavy atom. The molecule has 1 aliphatic carbocycles. The van der Waals surface area contributed by atoms with Gasteiger partial charge in [0.1, 0.15) is 6.33 Å². The Morgan fingerprint density at radius 2 is 1.89 bits per heavy atom. The average Bonchev–Trinajstić information content (AvgIpc) is 3.33. The normalized spacial score (nSPS) is 18.4. The Kier molecular flexibility index (Phi) is 10.1. The van der Waals surface area contributed by atoms with Crippen LogP contribution in [0.4, 0.5) is 0 Å². The van der Waals surface area contributed by atoms with Crippen molar-refractivity contribution in [3.8, 4) is 0 Å². The maximum absolute atomic E-state index is 13.0. The molecule has 200 valence electrons. The van der Waals surface area contributed by atoms with Crippen molar-refractivity contribution in [3.63, 3.8) is 0 Å². The van der Waals surface area contributed by atoms with Crippen LogP contribution in [-0.2, 0) is 21.2 Å². The second kappa shape index (κ2) is 12.8. The number of rotatable bonds is 12. The van der Waals surface area contributed by atoms with Gasteiger partial charge in [-0.05, 0) is 43.7 Å². The summed E-state index contributed by atoms with van der Waals surface area (Å²) >= 11 is 0. The van der Waals surface area contributed by atoms with E-state index in [0.717, 1.165) is 35.2 Å². The summed E-state index contributed by atoms with van der Waals surface area (Å²) in [5, 5.41) is 23.2. The van der Waals surface area contributed by atoms with Crippen LogP contribution < -0.4 is 11.1 Å². The van der Waals surface area contributed by atoms with Crippen molar-refractivity contribution in [2.45, 2.75) is 88.3 Å². The van der Waals surface area contributed by atoms with Crippen LogP contribution in [0.3, 0.4) is 0 Å². The van der Waals surface area contributed by atoms with E-state index in [1.54, 1.807) is 24.3 Å². The molecule has 0 saturated heterocycles. The predicted octanol–water partition coefficient (Wildman–Crippen LogP) is 2.13. The molecule has 1 aliphatic rings. The molecule has 10 heteroatoms. The maximum atomic E-state index is 13.0. The lowest BCUT2D eigenvalue weighted by atomic mass is 9.82. The summed E-state index contributed by atoms with van der Waals surface area (Å²) in [5.41, 5.74) is 7.51. The number of carbonyl (C=O) groups excluding carboxylic acids is 1. The van der Waals surface area contributed by atoms with Gasteiger partial charge in [-0.1, -0.05) is 56.7 Å². The number of imidazole rings is 1. The molecule has 1 amide bonds. The van der Waals surface area contributed by atoms with E-state index in [9.17, 15) is 23.4 Å². The van der Waals surface area contributed by atoms with E-state index in [2.05, 4.69) is 10.3 Å². The van der Waals surface area contributed by atoms with Crippen LogP contribution in [0, 0.1) is 18.8 Å². The molecule has 0 spiro atoms. The highest BCUT2D eigenvalue weighted by Crippen LogP contribution is 2.29. The van der Waals surface area contributed by atoms with Crippen molar-refractivity contribution < 1.29 is 23.4 Å². The minimum atomic E-state index is -3.79. The van der Waals surface area contributed by atoms with Crippen LogP contribution in [0.15, 0.2) is 41.7 Å². The highest BCUT2D eigenvalue weighted by atomic mass is 32.2. The molecule has 1 fully saturated rings. The number of hydrogen-bond donors (Lipinski definition) is 4. The van der Waals surface area contributed by atoms with Crippen molar-refractivity contribution in [2.75, 3.05) is 6.61 Å². The summed E-state index contributed by atoms with van der Waals surface area (Å²) in [7, 11) is -3.79. The summed E-state index contributed by atoms with van der Waals surface area (Å²) < 4.78 is 26.8. The standard InChI is InChI=1S/C26H40N4O5S/c1-18-8-10-22(11-9-18)36(34,35)30-15-21(28-17-30)14-23(27)26(33)29-24(25(32)12-19(2)16-31)13-20-6-4-3-5-7-20/h8-11,15,17,19-20,23-25,31-32H,3-7,12-14,16,27H2,1-2H3,(H,29,33)/t19-,23+,24-,25+/m0/s1. The summed E-state index contributed by atoms with van der Waals surface area (Å²) in [6, 6.07) is 5.12. The smallest absolute Gasteiger partial charge is 0.268 e. The van der Waals surface area contributed by atoms with E-state index in [0.29, 0.717) is 24.5 Å². The number of carbonyl (C=O) groups is 1. The Labute approximate surface area is 214 Å². The number of amides is 1. The number of benzene rings is 1. The highest BCUT2D eigenvalue weighted by Gasteiger charge is 2.29. The molecule has 0 aliphatic heterocycles. The first-order valence-corrected chi connectivity index (χ1v) is 14.2. The van der Waals surface area contributed by atoms with E-state index in [-0.39, 0.29) is 23.8 Å². The van der Waals surface area contributed by atoms with E-state index in [4.69, 9.17) is 5.73 Å². The van der Waals surface area contributed by atoms with Gasteiger partial charge < -0.3 is 21.3 Å². The number of hydrogen-bond acceptors (Lipinski definition) is 7. The monoisotopic (exact) mass is 520 g/mol. The van der Waals surface area contributed by atoms with Gasteiger partial charge in [-0.2, -0.15) is 0 Å². The number of nitrogens with two attached hydrogens (primary N) is 1. The maximum Gasteiger partial charge on any atom is 0.268 e. The second-order valence-corrected chi connectivity index (χ2v) is 12.1. The van der Waals surface area contributed by atoms with Crippen molar-refractivity contribution in [1.29, 1.82) is 0 Å². The van der Waals surface area contributed by atoms with Gasteiger partial charge in [0, 0.05) is 19.2 Å². The van der Waals surface area contributed by atoms with Crippen LogP contribution in [0.5, 0.6) is 0 Å². The topological polar surface area (TPSA) is 148 Å². The summed E-state index contributed by atoms with van der Waals surface area (Å²) in [5.74, 6) is -0.0663. The average molecular weight is 521 g/mol. The zero-order valence-corrected chi connectivity index (χ0v) is 22.0. The van der Waals surface area contributed by atoms with Gasteiger partial charge in [-0.3, -0.25) is 4.79 Å². The Bertz CT molecular complexity index is 1080. The molecule has 5 N–H and O–H groups in total. The fourth-order valence-corrected chi connectivity index (χ4v) is 5.92. The van der Waals surface area contributed by atoms with Crippen LogP contribution in [-0.4, -0.2) is 58.3 Å². The van der Waals surface area contributed by atoms with Crippen LogP contribution in [0.25, 0.3) is 0 Å². The van der Waals surface area contributed by atoms with Gasteiger partial charge in [0.2, 0.25) is 5.91 Å². The molecule has 9 nitrogen and oxygen atoms in total. The molecule has 3 rings (SSSR count). The van der Waals surface area contributed by atoms with Crippen molar-refractivity contribution >= 4 is 15.9 Å². The van der Waals surface area contributed by atoms with Gasteiger partial charge in [0.15, 0.2) is 0 Å². The third-order valence-electron chi connectivity index (χ3n) is 7.04. The van der Waals surface area contributed by atoms with Crippen LogP contribution in [0.2, 0.25) is 0 Å². The number of aliphatic hydroxyl groups is 2. The zero-order chi connectivity index (χ0) is 26.3. The highest BCUT2D eigenvalue weighted by molar-refractivity contribution is 7.90. The third kappa shape index (κ3) is 7.61. The summed E-state index contributed by atoms with van der Waals surface area (Å²) in [6.07, 6.45) is 8.58. The summed E-state index contributed by atoms with van der Waals surface area (Å²) in [6.45, 7) is 3.70. The second-order valence-electron chi connectivity index (χ2n) is 10.3. The number of aliphatic hydroxyl groups excluding tert-OH is 2. The Hall–Kier alpha value is -2.27. The van der Waals surface area contributed by atoms with E-state index in [1.165, 1.54) is 18.9 Å².